The maximum Gasteiger partial charge on any atom is 0.224 e. The molecule has 1 heterocycles. The lowest BCUT2D eigenvalue weighted by Gasteiger charge is -2.25. The quantitative estimate of drug-likeness (QED) is 0.672. The highest BCUT2D eigenvalue weighted by Gasteiger charge is 2.16. The van der Waals surface area contributed by atoms with Crippen molar-refractivity contribution in [3.05, 3.63) is 71.2 Å². The fraction of sp³-hybridized carbons (Fsp3) is 0.318. The number of amides is 1. The number of rotatable bonds is 7. The molecule has 3 aromatic rings. The number of hydrogen-bond acceptors (Lipinski definition) is 2. The van der Waals surface area contributed by atoms with Gasteiger partial charge in [-0.15, -0.1) is 0 Å². The number of nitrogens with one attached hydrogen (secondary N) is 2. The van der Waals surface area contributed by atoms with Crippen molar-refractivity contribution in [1.29, 1.82) is 0 Å². The van der Waals surface area contributed by atoms with E-state index in [-0.39, 0.29) is 24.2 Å². The molecule has 1 unspecified atom stereocenters. The Bertz CT molecular complexity index is 918. The van der Waals surface area contributed by atoms with Gasteiger partial charge < -0.3 is 15.2 Å². The number of hydrogen-bond donors (Lipinski definition) is 2. The summed E-state index contributed by atoms with van der Waals surface area (Å²) in [6, 6.07) is 15.1. The van der Waals surface area contributed by atoms with Crippen LogP contribution in [0.15, 0.2) is 48.5 Å². The lowest BCUT2D eigenvalue weighted by Crippen LogP contribution is -2.42. The topological polar surface area (TPSA) is 48.1 Å². The Labute approximate surface area is 159 Å². The van der Waals surface area contributed by atoms with Crippen LogP contribution in [-0.4, -0.2) is 42.5 Å². The molecule has 0 aliphatic rings. The van der Waals surface area contributed by atoms with Crippen LogP contribution in [0.4, 0.5) is 4.39 Å². The molecule has 0 saturated heterocycles. The van der Waals surface area contributed by atoms with Crippen LogP contribution in [0, 0.1) is 12.7 Å². The number of nitrogens with zero attached hydrogens (tertiary/aromatic N) is 1. The number of aromatic amines is 1. The molecule has 0 spiro atoms. The first kappa shape index (κ1) is 19.1. The van der Waals surface area contributed by atoms with Gasteiger partial charge in [-0.05, 0) is 56.8 Å². The standard InChI is InChI=1S/C22H26FN3O/c1-15-19(20-12-17(23)9-10-21(20)25-15)13-22(27)24-14-18(26(2)3)11-16-7-5-4-6-8-16/h4-10,12,18,25H,11,13-14H2,1-3H3,(H,24,27). The smallest absolute Gasteiger partial charge is 0.224 e. The minimum absolute atomic E-state index is 0.0526. The molecule has 1 amide bonds. The van der Waals surface area contributed by atoms with Crippen LogP contribution < -0.4 is 5.32 Å². The number of likely N-dealkylation sites (N-methyl/N-ethyl adjacent to an activating group) is 1. The number of carbonyl (C=O) groups is 1. The summed E-state index contributed by atoms with van der Waals surface area (Å²) in [6.07, 6.45) is 1.10. The Kier molecular flexibility index (Phi) is 5.91. The molecule has 0 aliphatic carbocycles. The Morgan fingerprint density at radius 3 is 2.63 bits per heavy atom. The number of carbonyl (C=O) groups excluding carboxylic acids is 1. The molecule has 142 valence electrons. The number of aryl methyl sites for hydroxylation is 1. The van der Waals surface area contributed by atoms with Crippen molar-refractivity contribution in [3.63, 3.8) is 0 Å². The van der Waals surface area contributed by atoms with Crippen LogP contribution in [0.2, 0.25) is 0 Å². The maximum absolute atomic E-state index is 13.6. The first-order valence-corrected chi connectivity index (χ1v) is 9.18. The summed E-state index contributed by atoms with van der Waals surface area (Å²) in [4.78, 5) is 17.9. The fourth-order valence-corrected chi connectivity index (χ4v) is 3.36. The van der Waals surface area contributed by atoms with Crippen molar-refractivity contribution in [2.45, 2.75) is 25.8 Å². The molecular formula is C22H26FN3O. The fourth-order valence-electron chi connectivity index (χ4n) is 3.36. The zero-order valence-corrected chi connectivity index (χ0v) is 16.1. The summed E-state index contributed by atoms with van der Waals surface area (Å²) in [5, 5.41) is 3.82. The first-order chi connectivity index (χ1) is 12.9. The highest BCUT2D eigenvalue weighted by atomic mass is 19.1. The molecule has 2 N–H and O–H groups in total. The second-order valence-corrected chi connectivity index (χ2v) is 7.21. The van der Waals surface area contributed by atoms with Gasteiger partial charge in [0.1, 0.15) is 5.82 Å². The van der Waals surface area contributed by atoms with E-state index in [1.165, 1.54) is 17.7 Å². The number of H-pyrrole nitrogens is 1. The minimum Gasteiger partial charge on any atom is -0.358 e. The molecule has 0 saturated carbocycles. The molecule has 5 heteroatoms. The molecule has 0 fully saturated rings. The molecule has 27 heavy (non-hydrogen) atoms. The van der Waals surface area contributed by atoms with Gasteiger partial charge in [0.05, 0.1) is 6.42 Å². The number of aromatic nitrogens is 1. The van der Waals surface area contributed by atoms with Crippen LogP contribution in [0.25, 0.3) is 10.9 Å². The summed E-state index contributed by atoms with van der Waals surface area (Å²) in [5.74, 6) is -0.345. The van der Waals surface area contributed by atoms with E-state index in [1.807, 2.05) is 39.2 Å². The summed E-state index contributed by atoms with van der Waals surface area (Å²) >= 11 is 0. The van der Waals surface area contributed by atoms with Gasteiger partial charge in [-0.25, -0.2) is 4.39 Å². The molecule has 0 radical (unpaired) electrons. The first-order valence-electron chi connectivity index (χ1n) is 9.18. The zero-order chi connectivity index (χ0) is 19.4. The van der Waals surface area contributed by atoms with Crippen LogP contribution in [0.5, 0.6) is 0 Å². The molecule has 2 aromatic carbocycles. The van der Waals surface area contributed by atoms with Crippen molar-refractivity contribution < 1.29 is 9.18 Å². The van der Waals surface area contributed by atoms with Crippen LogP contribution >= 0.6 is 0 Å². The second-order valence-electron chi connectivity index (χ2n) is 7.21. The number of halogens is 1. The third-order valence-corrected chi connectivity index (χ3v) is 5.00. The predicted octanol–water partition coefficient (Wildman–Crippen LogP) is 3.45. The lowest BCUT2D eigenvalue weighted by atomic mass is 10.0. The van der Waals surface area contributed by atoms with Gasteiger partial charge in [0.15, 0.2) is 0 Å². The van der Waals surface area contributed by atoms with Gasteiger partial charge in [-0.3, -0.25) is 4.79 Å². The second kappa shape index (κ2) is 8.35. The van der Waals surface area contributed by atoms with Gasteiger partial charge >= 0.3 is 0 Å². The monoisotopic (exact) mass is 367 g/mol. The third-order valence-electron chi connectivity index (χ3n) is 5.00. The third kappa shape index (κ3) is 4.74. The van der Waals surface area contributed by atoms with Gasteiger partial charge in [0.2, 0.25) is 5.91 Å². The summed E-state index contributed by atoms with van der Waals surface area (Å²) < 4.78 is 13.6. The Morgan fingerprint density at radius 2 is 1.93 bits per heavy atom. The van der Waals surface area contributed by atoms with E-state index in [4.69, 9.17) is 0 Å². The average molecular weight is 367 g/mol. The molecule has 1 aromatic heterocycles. The Morgan fingerprint density at radius 1 is 1.19 bits per heavy atom. The molecule has 4 nitrogen and oxygen atoms in total. The van der Waals surface area contributed by atoms with E-state index in [9.17, 15) is 9.18 Å². The summed E-state index contributed by atoms with van der Waals surface area (Å²) in [5.41, 5.74) is 3.85. The highest BCUT2D eigenvalue weighted by molar-refractivity contribution is 5.90. The van der Waals surface area contributed by atoms with E-state index >= 15 is 0 Å². The van der Waals surface area contributed by atoms with E-state index in [1.54, 1.807) is 6.07 Å². The SMILES string of the molecule is Cc1[nH]c2ccc(F)cc2c1CC(=O)NCC(Cc1ccccc1)N(C)C. The Balaban J connectivity index is 1.65. The van der Waals surface area contributed by atoms with Crippen molar-refractivity contribution in [1.82, 2.24) is 15.2 Å². The van der Waals surface area contributed by atoms with Crippen LogP contribution in [0.1, 0.15) is 16.8 Å². The normalized spacial score (nSPS) is 12.5. The largest absolute Gasteiger partial charge is 0.358 e. The van der Waals surface area contributed by atoms with Gasteiger partial charge in [0, 0.05) is 29.2 Å². The number of benzene rings is 2. The van der Waals surface area contributed by atoms with Crippen molar-refractivity contribution in [2.24, 2.45) is 0 Å². The molecule has 0 bridgehead atoms. The molecule has 1 atom stereocenters. The minimum atomic E-state index is -0.293. The molecule has 3 rings (SSSR count). The number of fused-ring (bicyclic) bond motifs is 1. The maximum atomic E-state index is 13.6. The highest BCUT2D eigenvalue weighted by Crippen LogP contribution is 2.23. The average Bonchev–Trinajstić information content (AvgIpc) is 2.94. The van der Waals surface area contributed by atoms with Crippen LogP contribution in [0.3, 0.4) is 0 Å². The summed E-state index contributed by atoms with van der Waals surface area (Å²) in [7, 11) is 4.04. The Hall–Kier alpha value is -2.66. The predicted molar refractivity (Wildman–Crippen MR) is 107 cm³/mol. The summed E-state index contributed by atoms with van der Waals surface area (Å²) in [6.45, 7) is 2.48. The van der Waals surface area contributed by atoms with Crippen molar-refractivity contribution in [2.75, 3.05) is 20.6 Å². The van der Waals surface area contributed by atoms with Gasteiger partial charge in [0.25, 0.3) is 0 Å². The van der Waals surface area contributed by atoms with Crippen molar-refractivity contribution in [3.8, 4) is 0 Å². The van der Waals surface area contributed by atoms with Gasteiger partial charge in [-0.2, -0.15) is 0 Å². The zero-order valence-electron chi connectivity index (χ0n) is 16.1. The molecular weight excluding hydrogens is 341 g/mol. The van der Waals surface area contributed by atoms with Gasteiger partial charge in [-0.1, -0.05) is 30.3 Å². The van der Waals surface area contributed by atoms with E-state index in [0.29, 0.717) is 6.54 Å². The van der Waals surface area contributed by atoms with Crippen LogP contribution in [-0.2, 0) is 17.6 Å². The lowest BCUT2D eigenvalue weighted by molar-refractivity contribution is -0.120. The molecule has 0 aliphatic heterocycles. The van der Waals surface area contributed by atoms with E-state index < -0.39 is 0 Å². The van der Waals surface area contributed by atoms with E-state index in [0.717, 1.165) is 28.6 Å². The van der Waals surface area contributed by atoms with E-state index in [2.05, 4.69) is 27.3 Å². The van der Waals surface area contributed by atoms with Crippen molar-refractivity contribution >= 4 is 16.8 Å².